The molecular weight excluding hydrogens is 326 g/mol. The fraction of sp³-hybridized carbons (Fsp3) is 0.476. The molecule has 1 aliphatic rings. The Morgan fingerprint density at radius 1 is 1.19 bits per heavy atom. The maximum atomic E-state index is 12.5. The number of benzene rings is 1. The van der Waals surface area contributed by atoms with Crippen LogP contribution in [0.3, 0.4) is 0 Å². The molecule has 0 amide bonds. The van der Waals surface area contributed by atoms with Gasteiger partial charge in [-0.15, -0.1) is 0 Å². The Hall–Kier alpha value is -2.43. The molecule has 0 saturated carbocycles. The lowest BCUT2D eigenvalue weighted by atomic mass is 9.87. The van der Waals surface area contributed by atoms with Crippen LogP contribution in [0, 0.1) is 5.92 Å². The van der Waals surface area contributed by atoms with Crippen LogP contribution in [0.2, 0.25) is 0 Å². The topological polar surface area (TPSA) is 55.3 Å². The van der Waals surface area contributed by atoms with Gasteiger partial charge < -0.3 is 9.64 Å². The number of rotatable bonds is 4. The summed E-state index contributed by atoms with van der Waals surface area (Å²) in [6, 6.07) is 10.1. The molecule has 3 rings (SSSR count). The van der Waals surface area contributed by atoms with Crippen molar-refractivity contribution in [2.45, 2.75) is 45.6 Å². The number of nitrogens with zero attached hydrogens (tertiary/aromatic N) is 3. The summed E-state index contributed by atoms with van der Waals surface area (Å²) < 4.78 is 5.57. The van der Waals surface area contributed by atoms with Crippen molar-refractivity contribution in [2.75, 3.05) is 18.0 Å². The van der Waals surface area contributed by atoms with Crippen molar-refractivity contribution in [2.24, 2.45) is 5.92 Å². The highest BCUT2D eigenvalue weighted by molar-refractivity contribution is 5.73. The van der Waals surface area contributed by atoms with Crippen LogP contribution in [0.1, 0.15) is 44.7 Å². The predicted molar refractivity (Wildman–Crippen MR) is 102 cm³/mol. The third-order valence-electron chi connectivity index (χ3n) is 4.79. The van der Waals surface area contributed by atoms with Crippen LogP contribution in [-0.2, 0) is 21.6 Å². The predicted octanol–water partition coefficient (Wildman–Crippen LogP) is 3.73. The minimum Gasteiger partial charge on any atom is -0.461 e. The molecule has 1 fully saturated rings. The number of esters is 1. The minimum atomic E-state index is -0.134. The molecule has 26 heavy (non-hydrogen) atoms. The average molecular weight is 353 g/mol. The number of carbonyl (C=O) groups is 1. The second-order valence-corrected chi connectivity index (χ2v) is 7.89. The molecule has 2 aromatic rings. The molecule has 0 N–H and O–H groups in total. The smallest absolute Gasteiger partial charge is 0.311 e. The normalized spacial score (nSPS) is 17.8. The number of piperidine rings is 1. The molecular formula is C21H27N3O2. The van der Waals surface area contributed by atoms with Crippen LogP contribution in [0.15, 0.2) is 42.7 Å². The van der Waals surface area contributed by atoms with Crippen molar-refractivity contribution >= 4 is 11.9 Å². The minimum absolute atomic E-state index is 0.124. The molecule has 0 radical (unpaired) electrons. The molecule has 0 aliphatic carbocycles. The van der Waals surface area contributed by atoms with E-state index >= 15 is 0 Å². The van der Waals surface area contributed by atoms with E-state index in [0.29, 0.717) is 19.1 Å². The Labute approximate surface area is 155 Å². The Balaban J connectivity index is 1.54. The van der Waals surface area contributed by atoms with Crippen molar-refractivity contribution < 1.29 is 9.53 Å². The van der Waals surface area contributed by atoms with Crippen LogP contribution in [0.5, 0.6) is 0 Å². The molecule has 2 heterocycles. The lowest BCUT2D eigenvalue weighted by molar-refractivity contribution is -0.150. The van der Waals surface area contributed by atoms with Crippen LogP contribution < -0.4 is 4.90 Å². The summed E-state index contributed by atoms with van der Waals surface area (Å²) in [7, 11) is 0. The summed E-state index contributed by atoms with van der Waals surface area (Å²) in [4.78, 5) is 23.1. The standard InChI is InChI=1S/C21H27N3O2/c1-21(2,3)18-9-7-16(8-10-18)15-26-19(25)17-6-4-13-24(14-17)20-22-11-5-12-23-20/h5,7-12,17H,4,6,13-15H2,1-3H3/t17-/m1/s1. The Bertz CT molecular complexity index is 723. The first kappa shape index (κ1) is 18.4. The number of hydrogen-bond donors (Lipinski definition) is 0. The van der Waals surface area contributed by atoms with Crippen LogP contribution >= 0.6 is 0 Å². The second kappa shape index (κ2) is 7.85. The third-order valence-corrected chi connectivity index (χ3v) is 4.79. The summed E-state index contributed by atoms with van der Waals surface area (Å²) in [5.41, 5.74) is 2.42. The summed E-state index contributed by atoms with van der Waals surface area (Å²) in [5.74, 6) is 0.426. The van der Waals surface area contributed by atoms with E-state index in [1.807, 2.05) is 12.1 Å². The molecule has 0 unspecified atom stereocenters. The van der Waals surface area contributed by atoms with Gasteiger partial charge in [0.05, 0.1) is 5.92 Å². The molecule has 138 valence electrons. The molecule has 1 aliphatic heterocycles. The van der Waals surface area contributed by atoms with Gasteiger partial charge in [0.25, 0.3) is 0 Å². The zero-order chi connectivity index (χ0) is 18.6. The summed E-state index contributed by atoms with van der Waals surface area (Å²) in [6.07, 6.45) is 5.25. The molecule has 1 aromatic heterocycles. The fourth-order valence-electron chi connectivity index (χ4n) is 3.18. The van der Waals surface area contributed by atoms with E-state index in [2.05, 4.69) is 47.8 Å². The quantitative estimate of drug-likeness (QED) is 0.784. The summed E-state index contributed by atoms with van der Waals surface area (Å²) >= 11 is 0. The molecule has 1 saturated heterocycles. The fourth-order valence-corrected chi connectivity index (χ4v) is 3.18. The van der Waals surface area contributed by atoms with Gasteiger partial charge in [0, 0.05) is 25.5 Å². The number of anilines is 1. The average Bonchev–Trinajstić information content (AvgIpc) is 2.66. The highest BCUT2D eigenvalue weighted by Crippen LogP contribution is 2.23. The van der Waals surface area contributed by atoms with Crippen LogP contribution in [0.4, 0.5) is 5.95 Å². The van der Waals surface area contributed by atoms with E-state index in [9.17, 15) is 4.79 Å². The van der Waals surface area contributed by atoms with Crippen LogP contribution in [0.25, 0.3) is 0 Å². The maximum Gasteiger partial charge on any atom is 0.311 e. The van der Waals surface area contributed by atoms with E-state index in [1.165, 1.54) is 5.56 Å². The second-order valence-electron chi connectivity index (χ2n) is 7.89. The molecule has 0 bridgehead atoms. The van der Waals surface area contributed by atoms with E-state index in [1.54, 1.807) is 18.5 Å². The van der Waals surface area contributed by atoms with Gasteiger partial charge in [0.2, 0.25) is 5.95 Å². The maximum absolute atomic E-state index is 12.5. The Morgan fingerprint density at radius 3 is 2.54 bits per heavy atom. The monoisotopic (exact) mass is 353 g/mol. The van der Waals surface area contributed by atoms with Gasteiger partial charge >= 0.3 is 5.97 Å². The van der Waals surface area contributed by atoms with E-state index < -0.39 is 0 Å². The molecule has 1 atom stereocenters. The number of ether oxygens (including phenoxy) is 1. The third kappa shape index (κ3) is 4.59. The molecule has 5 heteroatoms. The number of hydrogen-bond acceptors (Lipinski definition) is 5. The van der Waals surface area contributed by atoms with Crippen LogP contribution in [-0.4, -0.2) is 29.0 Å². The first-order valence-electron chi connectivity index (χ1n) is 9.21. The van der Waals surface area contributed by atoms with Gasteiger partial charge in [-0.05, 0) is 35.4 Å². The first-order valence-corrected chi connectivity index (χ1v) is 9.21. The lowest BCUT2D eigenvalue weighted by Crippen LogP contribution is -2.40. The van der Waals surface area contributed by atoms with Crippen molar-refractivity contribution in [3.63, 3.8) is 0 Å². The van der Waals surface area contributed by atoms with Gasteiger partial charge in [0.15, 0.2) is 0 Å². The number of aromatic nitrogens is 2. The van der Waals surface area contributed by atoms with Gasteiger partial charge in [-0.25, -0.2) is 9.97 Å². The first-order chi connectivity index (χ1) is 12.4. The molecule has 1 aromatic carbocycles. The van der Waals surface area contributed by atoms with Crippen molar-refractivity contribution in [3.8, 4) is 0 Å². The number of carbonyl (C=O) groups excluding carboxylic acids is 1. The zero-order valence-corrected chi connectivity index (χ0v) is 15.8. The van der Waals surface area contributed by atoms with Crippen molar-refractivity contribution in [1.82, 2.24) is 9.97 Å². The van der Waals surface area contributed by atoms with E-state index in [-0.39, 0.29) is 17.3 Å². The van der Waals surface area contributed by atoms with Crippen molar-refractivity contribution in [3.05, 3.63) is 53.9 Å². The molecule has 0 spiro atoms. The SMILES string of the molecule is CC(C)(C)c1ccc(COC(=O)[C@@H]2CCCN(c3ncccn3)C2)cc1. The zero-order valence-electron chi connectivity index (χ0n) is 15.8. The van der Waals surface area contributed by atoms with Gasteiger partial charge in [0.1, 0.15) is 6.61 Å². The lowest BCUT2D eigenvalue weighted by Gasteiger charge is -2.31. The van der Waals surface area contributed by atoms with E-state index in [4.69, 9.17) is 4.74 Å². The summed E-state index contributed by atoms with van der Waals surface area (Å²) in [6.45, 7) is 8.38. The van der Waals surface area contributed by atoms with Gasteiger partial charge in [-0.3, -0.25) is 4.79 Å². The largest absolute Gasteiger partial charge is 0.461 e. The summed E-state index contributed by atoms with van der Waals surface area (Å²) in [5, 5.41) is 0. The molecule has 5 nitrogen and oxygen atoms in total. The van der Waals surface area contributed by atoms with Gasteiger partial charge in [-0.2, -0.15) is 0 Å². The Morgan fingerprint density at radius 2 is 1.88 bits per heavy atom. The van der Waals surface area contributed by atoms with Crippen molar-refractivity contribution in [1.29, 1.82) is 0 Å². The highest BCUT2D eigenvalue weighted by Gasteiger charge is 2.28. The van der Waals surface area contributed by atoms with Gasteiger partial charge in [-0.1, -0.05) is 45.0 Å². The highest BCUT2D eigenvalue weighted by atomic mass is 16.5. The Kier molecular flexibility index (Phi) is 5.55. The van der Waals surface area contributed by atoms with E-state index in [0.717, 1.165) is 24.9 Å².